The fourth-order valence-electron chi connectivity index (χ4n) is 4.66. The molecule has 1 aliphatic rings. The molecule has 2 heterocycles. The zero-order valence-corrected chi connectivity index (χ0v) is 17.3. The minimum Gasteiger partial charge on any atom is -0.508 e. The molecule has 1 aliphatic heterocycles. The largest absolute Gasteiger partial charge is 0.508 e. The number of hydrogen-bond acceptors (Lipinski definition) is 6. The van der Waals surface area contributed by atoms with Crippen molar-refractivity contribution in [2.24, 2.45) is 0 Å². The lowest BCUT2D eigenvalue weighted by Crippen LogP contribution is -2.60. The summed E-state index contributed by atoms with van der Waals surface area (Å²) in [5, 5.41) is 37.6. The number of aromatic nitrogens is 2. The topological polar surface area (TPSA) is 90.3 Å². The third-order valence-corrected chi connectivity index (χ3v) is 5.42. The molecule has 1 saturated heterocycles. The van der Waals surface area contributed by atoms with Gasteiger partial charge >= 0.3 is 0 Å². The van der Waals surface area contributed by atoms with Gasteiger partial charge in [-0.15, -0.1) is 10.2 Å². The first-order valence-electron chi connectivity index (χ1n) is 9.96. The second-order valence-electron chi connectivity index (χ2n) is 9.35. The Hall–Kier alpha value is -2.86. The first-order chi connectivity index (χ1) is 13.6. The lowest BCUT2D eigenvalue weighted by Gasteiger charge is -2.46. The third-order valence-electron chi connectivity index (χ3n) is 5.42. The minimum atomic E-state index is 0.0537. The van der Waals surface area contributed by atoms with Crippen LogP contribution in [0.25, 0.3) is 22.0 Å². The predicted octanol–water partition coefficient (Wildman–Crippen LogP) is 4.43. The lowest BCUT2D eigenvalue weighted by molar-refractivity contribution is 0.170. The van der Waals surface area contributed by atoms with Gasteiger partial charge in [-0.1, -0.05) is 6.07 Å². The van der Waals surface area contributed by atoms with Crippen molar-refractivity contribution in [1.82, 2.24) is 15.5 Å². The maximum absolute atomic E-state index is 10.4. The summed E-state index contributed by atoms with van der Waals surface area (Å²) in [6, 6.07) is 12.7. The summed E-state index contributed by atoms with van der Waals surface area (Å²) >= 11 is 0. The summed E-state index contributed by atoms with van der Waals surface area (Å²) in [6.07, 6.45) is 2.00. The van der Waals surface area contributed by atoms with Gasteiger partial charge in [0.1, 0.15) is 17.3 Å². The molecular weight excluding hydrogens is 364 g/mol. The number of piperidine rings is 1. The number of aromatic hydroxyl groups is 2. The second kappa shape index (κ2) is 6.88. The van der Waals surface area contributed by atoms with Crippen molar-refractivity contribution in [1.29, 1.82) is 0 Å². The van der Waals surface area contributed by atoms with E-state index in [1.54, 1.807) is 18.2 Å². The zero-order chi connectivity index (χ0) is 20.8. The van der Waals surface area contributed by atoms with Gasteiger partial charge in [-0.3, -0.25) is 0 Å². The quantitative estimate of drug-likeness (QED) is 0.527. The number of fused-ring (bicyclic) bond motifs is 1. The smallest absolute Gasteiger partial charge is 0.148 e. The maximum atomic E-state index is 10.4. The van der Waals surface area contributed by atoms with Gasteiger partial charge in [0, 0.05) is 22.7 Å². The first kappa shape index (κ1) is 19.5. The Morgan fingerprint density at radius 2 is 1.62 bits per heavy atom. The number of nitrogens with zero attached hydrogens (tertiary/aromatic N) is 2. The Balaban J connectivity index is 1.56. The molecule has 152 valence electrons. The molecule has 0 bridgehead atoms. The predicted molar refractivity (Wildman–Crippen MR) is 116 cm³/mol. The van der Waals surface area contributed by atoms with E-state index in [2.05, 4.69) is 48.5 Å². The Morgan fingerprint density at radius 3 is 2.28 bits per heavy atom. The second-order valence-corrected chi connectivity index (χ2v) is 9.35. The normalized spacial score (nSPS) is 18.6. The highest BCUT2D eigenvalue weighted by atomic mass is 16.3. The van der Waals surface area contributed by atoms with Crippen molar-refractivity contribution in [3.8, 4) is 22.8 Å². The van der Waals surface area contributed by atoms with Gasteiger partial charge in [0.2, 0.25) is 0 Å². The van der Waals surface area contributed by atoms with Crippen LogP contribution in [-0.4, -0.2) is 37.5 Å². The highest BCUT2D eigenvalue weighted by Crippen LogP contribution is 2.34. The van der Waals surface area contributed by atoms with Crippen molar-refractivity contribution >= 4 is 16.6 Å². The molecule has 1 aromatic heterocycles. The molecule has 0 unspecified atom stereocenters. The number of nitrogens with one attached hydrogen (secondary N) is 2. The highest BCUT2D eigenvalue weighted by Gasteiger charge is 2.37. The van der Waals surface area contributed by atoms with Gasteiger partial charge < -0.3 is 20.8 Å². The standard InChI is InChI=1S/C23H28N4O2/c1-22(2)12-16(13-23(3,4)27-22)24-21-8-7-19(25-26-21)18-10-14-5-6-17(28)9-15(14)11-20(18)29/h5-11,16,27-29H,12-13H2,1-4H3,(H,24,26). The molecule has 0 saturated carbocycles. The lowest BCUT2D eigenvalue weighted by atomic mass is 9.79. The first-order valence-corrected chi connectivity index (χ1v) is 9.96. The molecule has 0 atom stereocenters. The number of hydrogen-bond donors (Lipinski definition) is 4. The van der Waals surface area contributed by atoms with Crippen molar-refractivity contribution in [3.63, 3.8) is 0 Å². The Bertz CT molecular complexity index is 1030. The van der Waals surface area contributed by atoms with E-state index >= 15 is 0 Å². The fraction of sp³-hybridized carbons (Fsp3) is 0.391. The fourth-order valence-corrected chi connectivity index (χ4v) is 4.66. The molecular formula is C23H28N4O2. The van der Waals surface area contributed by atoms with Crippen LogP contribution in [0.4, 0.5) is 5.82 Å². The summed E-state index contributed by atoms with van der Waals surface area (Å²) in [5.41, 5.74) is 1.33. The van der Waals surface area contributed by atoms with Crippen LogP contribution in [0.5, 0.6) is 11.5 Å². The van der Waals surface area contributed by atoms with E-state index < -0.39 is 0 Å². The number of phenols is 2. The maximum Gasteiger partial charge on any atom is 0.148 e. The SMILES string of the molecule is CC1(C)CC(Nc2ccc(-c3cc4ccc(O)cc4cc3O)nn2)CC(C)(C)N1. The van der Waals surface area contributed by atoms with Crippen LogP contribution in [-0.2, 0) is 0 Å². The van der Waals surface area contributed by atoms with E-state index in [9.17, 15) is 10.2 Å². The molecule has 1 fully saturated rings. The van der Waals surface area contributed by atoms with Crippen LogP contribution in [0.3, 0.4) is 0 Å². The zero-order valence-electron chi connectivity index (χ0n) is 17.3. The van der Waals surface area contributed by atoms with E-state index in [-0.39, 0.29) is 22.6 Å². The summed E-state index contributed by atoms with van der Waals surface area (Å²) < 4.78 is 0. The van der Waals surface area contributed by atoms with Gasteiger partial charge in [0.25, 0.3) is 0 Å². The highest BCUT2D eigenvalue weighted by molar-refractivity contribution is 5.90. The summed E-state index contributed by atoms with van der Waals surface area (Å²) in [7, 11) is 0. The molecule has 6 heteroatoms. The van der Waals surface area contributed by atoms with Gasteiger partial charge in [-0.25, -0.2) is 0 Å². The van der Waals surface area contributed by atoms with Gasteiger partial charge in [-0.05, 0) is 87.7 Å². The van der Waals surface area contributed by atoms with E-state index in [1.165, 1.54) is 0 Å². The molecule has 4 rings (SSSR count). The van der Waals surface area contributed by atoms with E-state index in [0.717, 1.165) is 29.4 Å². The summed E-state index contributed by atoms with van der Waals surface area (Å²) in [4.78, 5) is 0. The van der Waals surface area contributed by atoms with E-state index in [1.807, 2.05) is 24.3 Å². The van der Waals surface area contributed by atoms with E-state index in [4.69, 9.17) is 0 Å². The molecule has 6 nitrogen and oxygen atoms in total. The average molecular weight is 393 g/mol. The summed E-state index contributed by atoms with van der Waals surface area (Å²) in [5.74, 6) is 1.02. The van der Waals surface area contributed by atoms with Gasteiger partial charge in [0.05, 0.1) is 5.69 Å². The van der Waals surface area contributed by atoms with Crippen LogP contribution < -0.4 is 10.6 Å². The van der Waals surface area contributed by atoms with Crippen LogP contribution >= 0.6 is 0 Å². The summed E-state index contributed by atoms with van der Waals surface area (Å²) in [6.45, 7) is 8.89. The Morgan fingerprint density at radius 1 is 0.897 bits per heavy atom. The average Bonchev–Trinajstić information content (AvgIpc) is 2.59. The van der Waals surface area contributed by atoms with Crippen molar-refractivity contribution < 1.29 is 10.2 Å². The monoisotopic (exact) mass is 392 g/mol. The van der Waals surface area contributed by atoms with Gasteiger partial charge in [-0.2, -0.15) is 0 Å². The number of anilines is 1. The van der Waals surface area contributed by atoms with Crippen LogP contribution in [0, 0.1) is 0 Å². The molecule has 0 spiro atoms. The molecule has 0 amide bonds. The van der Waals surface area contributed by atoms with Crippen molar-refractivity contribution in [3.05, 3.63) is 42.5 Å². The molecule has 2 aromatic carbocycles. The van der Waals surface area contributed by atoms with E-state index in [0.29, 0.717) is 17.3 Å². The molecule has 0 aliphatic carbocycles. The van der Waals surface area contributed by atoms with Crippen LogP contribution in [0.15, 0.2) is 42.5 Å². The Labute approximate surface area is 171 Å². The minimum absolute atomic E-state index is 0.0537. The van der Waals surface area contributed by atoms with Crippen LogP contribution in [0.2, 0.25) is 0 Å². The molecule has 29 heavy (non-hydrogen) atoms. The number of rotatable bonds is 3. The molecule has 0 radical (unpaired) electrons. The van der Waals surface area contributed by atoms with Crippen LogP contribution in [0.1, 0.15) is 40.5 Å². The van der Waals surface area contributed by atoms with Gasteiger partial charge in [0.15, 0.2) is 0 Å². The third kappa shape index (κ3) is 4.27. The van der Waals surface area contributed by atoms with Crippen molar-refractivity contribution in [2.75, 3.05) is 5.32 Å². The molecule has 4 N–H and O–H groups in total. The molecule has 3 aromatic rings. The number of phenolic OH excluding ortho intramolecular Hbond substituents is 2. The van der Waals surface area contributed by atoms with Crippen molar-refractivity contribution in [2.45, 2.75) is 57.7 Å². The Kier molecular flexibility index (Phi) is 4.62. The number of benzene rings is 2.